The van der Waals surface area contributed by atoms with Crippen molar-refractivity contribution in [3.05, 3.63) is 29.3 Å². The minimum atomic E-state index is -1.13. The zero-order chi connectivity index (χ0) is 18.2. The third-order valence-electron chi connectivity index (χ3n) is 4.53. The lowest BCUT2D eigenvalue weighted by Crippen LogP contribution is -2.37. The van der Waals surface area contributed by atoms with E-state index in [4.69, 9.17) is 14.4 Å². The summed E-state index contributed by atoms with van der Waals surface area (Å²) in [5.41, 5.74) is 2.24. The Kier molecular flexibility index (Phi) is 4.31. The average Bonchev–Trinajstić information content (AvgIpc) is 3.18. The lowest BCUT2D eigenvalue weighted by Gasteiger charge is -2.20. The fourth-order valence-electron chi connectivity index (χ4n) is 2.72. The number of carbonyl (C=O) groups excluding carboxylic acids is 1. The highest BCUT2D eigenvalue weighted by Gasteiger charge is 2.46. The van der Waals surface area contributed by atoms with Crippen LogP contribution in [-0.4, -0.2) is 29.6 Å². The number of carbonyl (C=O) groups is 1. The third-order valence-corrected chi connectivity index (χ3v) is 4.53. The Bertz CT molecular complexity index is 761. The SMILES string of the molecule is C/C(=N\OC(=O)C1(C)CC(C(C)(C)C)=NO1)c1ccc2c(c1)CCO2. The first-order chi connectivity index (χ1) is 11.7. The quantitative estimate of drug-likeness (QED) is 0.478. The number of hydrogen-bond acceptors (Lipinski definition) is 6. The van der Waals surface area contributed by atoms with E-state index in [1.54, 1.807) is 13.8 Å². The van der Waals surface area contributed by atoms with Gasteiger partial charge in [0.2, 0.25) is 5.60 Å². The van der Waals surface area contributed by atoms with Crippen LogP contribution < -0.4 is 4.74 Å². The van der Waals surface area contributed by atoms with Crippen molar-refractivity contribution in [2.45, 2.75) is 53.1 Å². The van der Waals surface area contributed by atoms with E-state index in [1.165, 1.54) is 0 Å². The zero-order valence-corrected chi connectivity index (χ0v) is 15.4. The molecule has 134 valence electrons. The zero-order valence-electron chi connectivity index (χ0n) is 15.4. The van der Waals surface area contributed by atoms with Crippen LogP contribution in [0.2, 0.25) is 0 Å². The van der Waals surface area contributed by atoms with Gasteiger partial charge in [0.15, 0.2) is 0 Å². The summed E-state index contributed by atoms with van der Waals surface area (Å²) in [4.78, 5) is 22.9. The van der Waals surface area contributed by atoms with E-state index in [2.05, 4.69) is 10.3 Å². The maximum absolute atomic E-state index is 12.4. The van der Waals surface area contributed by atoms with E-state index < -0.39 is 11.6 Å². The van der Waals surface area contributed by atoms with Gasteiger partial charge in [-0.3, -0.25) is 0 Å². The Labute approximate surface area is 147 Å². The van der Waals surface area contributed by atoms with E-state index in [-0.39, 0.29) is 5.41 Å². The van der Waals surface area contributed by atoms with Crippen LogP contribution in [0.4, 0.5) is 0 Å². The van der Waals surface area contributed by atoms with Crippen molar-refractivity contribution in [3.8, 4) is 5.75 Å². The number of oxime groups is 2. The van der Waals surface area contributed by atoms with Crippen molar-refractivity contribution in [3.63, 3.8) is 0 Å². The van der Waals surface area contributed by atoms with Crippen LogP contribution in [-0.2, 0) is 20.9 Å². The fourth-order valence-corrected chi connectivity index (χ4v) is 2.72. The second kappa shape index (κ2) is 6.17. The number of rotatable bonds is 3. The molecule has 1 atom stereocenters. The summed E-state index contributed by atoms with van der Waals surface area (Å²) in [7, 11) is 0. The minimum absolute atomic E-state index is 0.149. The van der Waals surface area contributed by atoms with Gasteiger partial charge in [-0.15, -0.1) is 0 Å². The molecule has 0 fully saturated rings. The normalized spacial score (nSPS) is 22.8. The Hall–Kier alpha value is -2.37. The van der Waals surface area contributed by atoms with E-state index in [1.807, 2.05) is 39.0 Å². The largest absolute Gasteiger partial charge is 0.493 e. The topological polar surface area (TPSA) is 69.5 Å². The van der Waals surface area contributed by atoms with Crippen molar-refractivity contribution >= 4 is 17.4 Å². The van der Waals surface area contributed by atoms with Crippen molar-refractivity contribution in [2.24, 2.45) is 15.7 Å². The number of hydrogen-bond donors (Lipinski definition) is 0. The molecular weight excluding hydrogens is 320 g/mol. The standard InChI is InChI=1S/C19H24N2O4/c1-12(13-6-7-15-14(10-13)8-9-23-15)20-24-17(22)19(5)11-16(21-25-19)18(2,3)4/h6-7,10H,8-9,11H2,1-5H3/b20-12+. The predicted molar refractivity (Wildman–Crippen MR) is 94.9 cm³/mol. The molecule has 0 aliphatic carbocycles. The Balaban J connectivity index is 1.66. The van der Waals surface area contributed by atoms with Crippen molar-refractivity contribution in [1.29, 1.82) is 0 Å². The maximum Gasteiger partial charge on any atom is 0.381 e. The predicted octanol–water partition coefficient (Wildman–Crippen LogP) is 3.47. The van der Waals surface area contributed by atoms with Gasteiger partial charge in [0.1, 0.15) is 5.75 Å². The minimum Gasteiger partial charge on any atom is -0.493 e. The number of nitrogens with zero attached hydrogens (tertiary/aromatic N) is 2. The molecule has 2 aliphatic rings. The summed E-state index contributed by atoms with van der Waals surface area (Å²) < 4.78 is 5.50. The number of benzene rings is 1. The van der Waals surface area contributed by atoms with Gasteiger partial charge in [-0.2, -0.15) is 0 Å². The summed E-state index contributed by atoms with van der Waals surface area (Å²) in [6.45, 7) is 10.3. The molecule has 0 aromatic heterocycles. The van der Waals surface area contributed by atoms with Crippen LogP contribution >= 0.6 is 0 Å². The Morgan fingerprint density at radius 1 is 1.36 bits per heavy atom. The second-order valence-electron chi connectivity index (χ2n) is 7.76. The van der Waals surface area contributed by atoms with E-state index in [0.29, 0.717) is 18.7 Å². The van der Waals surface area contributed by atoms with Gasteiger partial charge in [0, 0.05) is 18.3 Å². The van der Waals surface area contributed by atoms with Gasteiger partial charge in [0.25, 0.3) is 0 Å². The second-order valence-corrected chi connectivity index (χ2v) is 7.76. The van der Waals surface area contributed by atoms with E-state index in [0.717, 1.165) is 29.0 Å². The van der Waals surface area contributed by atoms with Gasteiger partial charge >= 0.3 is 5.97 Å². The summed E-state index contributed by atoms with van der Waals surface area (Å²) in [6, 6.07) is 5.85. The lowest BCUT2D eigenvalue weighted by molar-refractivity contribution is -0.167. The van der Waals surface area contributed by atoms with E-state index in [9.17, 15) is 4.79 Å². The van der Waals surface area contributed by atoms with Gasteiger partial charge in [-0.25, -0.2) is 4.79 Å². The molecule has 0 spiro atoms. The van der Waals surface area contributed by atoms with Crippen LogP contribution in [0.15, 0.2) is 28.5 Å². The van der Waals surface area contributed by atoms with Crippen LogP contribution in [0, 0.1) is 5.41 Å². The van der Waals surface area contributed by atoms with Crippen molar-refractivity contribution in [2.75, 3.05) is 6.61 Å². The molecule has 0 N–H and O–H groups in total. The van der Waals surface area contributed by atoms with Crippen LogP contribution in [0.25, 0.3) is 0 Å². The van der Waals surface area contributed by atoms with Crippen LogP contribution in [0.5, 0.6) is 5.75 Å². The third kappa shape index (κ3) is 3.52. The summed E-state index contributed by atoms with van der Waals surface area (Å²) in [5.74, 6) is 0.367. The molecular formula is C19H24N2O4. The maximum atomic E-state index is 12.4. The highest BCUT2D eigenvalue weighted by Crippen LogP contribution is 2.32. The molecule has 0 bridgehead atoms. The Morgan fingerprint density at radius 2 is 2.12 bits per heavy atom. The van der Waals surface area contributed by atoms with Gasteiger partial charge in [0.05, 0.1) is 18.0 Å². The molecule has 25 heavy (non-hydrogen) atoms. The highest BCUT2D eigenvalue weighted by molar-refractivity contribution is 6.00. The molecule has 0 radical (unpaired) electrons. The van der Waals surface area contributed by atoms with Gasteiger partial charge < -0.3 is 14.4 Å². The molecule has 1 unspecified atom stereocenters. The molecule has 1 aromatic carbocycles. The molecule has 0 amide bonds. The summed E-state index contributed by atoms with van der Waals surface area (Å²) in [6.07, 6.45) is 1.29. The summed E-state index contributed by atoms with van der Waals surface area (Å²) >= 11 is 0. The first-order valence-electron chi connectivity index (χ1n) is 8.47. The number of fused-ring (bicyclic) bond motifs is 1. The molecule has 2 aliphatic heterocycles. The Morgan fingerprint density at radius 3 is 2.80 bits per heavy atom. The summed E-state index contributed by atoms with van der Waals surface area (Å²) in [5, 5.41) is 8.05. The van der Waals surface area contributed by atoms with Crippen molar-refractivity contribution < 1.29 is 19.2 Å². The smallest absolute Gasteiger partial charge is 0.381 e. The van der Waals surface area contributed by atoms with Crippen LogP contribution in [0.3, 0.4) is 0 Å². The first-order valence-corrected chi connectivity index (χ1v) is 8.47. The first kappa shape index (κ1) is 17.5. The average molecular weight is 344 g/mol. The lowest BCUT2D eigenvalue weighted by atomic mass is 9.84. The molecule has 1 aromatic rings. The molecule has 6 nitrogen and oxygen atoms in total. The highest BCUT2D eigenvalue weighted by atomic mass is 16.7. The molecule has 6 heteroatoms. The van der Waals surface area contributed by atoms with Gasteiger partial charge in [-0.05, 0) is 43.2 Å². The van der Waals surface area contributed by atoms with Crippen LogP contribution in [0.1, 0.15) is 52.2 Å². The van der Waals surface area contributed by atoms with Crippen molar-refractivity contribution in [1.82, 2.24) is 0 Å². The molecule has 3 rings (SSSR count). The number of ether oxygens (including phenoxy) is 1. The molecule has 0 saturated carbocycles. The van der Waals surface area contributed by atoms with E-state index >= 15 is 0 Å². The van der Waals surface area contributed by atoms with Gasteiger partial charge in [-0.1, -0.05) is 31.1 Å². The fraction of sp³-hybridized carbons (Fsp3) is 0.526. The molecule has 2 heterocycles. The molecule has 0 saturated heterocycles. The monoisotopic (exact) mass is 344 g/mol.